The summed E-state index contributed by atoms with van der Waals surface area (Å²) in [4.78, 5) is 14.0. The number of morpholine rings is 1. The van der Waals surface area contributed by atoms with Gasteiger partial charge < -0.3 is 9.64 Å². The number of ether oxygens (including phenoxy) is 1. The predicted molar refractivity (Wildman–Crippen MR) is 75.8 cm³/mol. The molecule has 6 nitrogen and oxygen atoms in total. The number of carbonyl (C=O) groups excluding carboxylic acids is 1. The van der Waals surface area contributed by atoms with Gasteiger partial charge in [-0.3, -0.25) is 4.79 Å². The van der Waals surface area contributed by atoms with Gasteiger partial charge in [-0.1, -0.05) is 19.3 Å². The van der Waals surface area contributed by atoms with Crippen LogP contribution in [-0.2, 0) is 19.6 Å². The van der Waals surface area contributed by atoms with E-state index in [-0.39, 0.29) is 18.5 Å². The molecule has 20 heavy (non-hydrogen) atoms. The molecule has 2 fully saturated rings. The van der Waals surface area contributed by atoms with Crippen LogP contribution in [0.5, 0.6) is 0 Å². The van der Waals surface area contributed by atoms with Gasteiger partial charge in [-0.05, 0) is 12.8 Å². The summed E-state index contributed by atoms with van der Waals surface area (Å²) in [6.07, 6.45) is 6.18. The van der Waals surface area contributed by atoms with Crippen LogP contribution < -0.4 is 0 Å². The summed E-state index contributed by atoms with van der Waals surface area (Å²) in [5.74, 6) is -0.107. The average Bonchev–Trinajstić information content (AvgIpc) is 2.45. The lowest BCUT2D eigenvalue weighted by atomic mass is 9.95. The Bertz CT molecular complexity index is 426. The summed E-state index contributed by atoms with van der Waals surface area (Å²) < 4.78 is 30.6. The number of amides is 1. The molecule has 0 aromatic heterocycles. The Morgan fingerprint density at radius 3 is 2.35 bits per heavy atom. The first-order valence-corrected chi connectivity index (χ1v) is 9.15. The zero-order valence-corrected chi connectivity index (χ0v) is 12.9. The van der Waals surface area contributed by atoms with Gasteiger partial charge in [-0.15, -0.1) is 0 Å². The fraction of sp³-hybridized carbons (Fsp3) is 0.923. The molecular weight excluding hydrogens is 280 g/mol. The molecular formula is C13H24N2O4S. The van der Waals surface area contributed by atoms with Gasteiger partial charge in [0.05, 0.1) is 26.0 Å². The molecule has 1 saturated heterocycles. The highest BCUT2D eigenvalue weighted by molar-refractivity contribution is 7.88. The highest BCUT2D eigenvalue weighted by Gasteiger charge is 2.31. The van der Waals surface area contributed by atoms with Crippen molar-refractivity contribution in [2.24, 2.45) is 0 Å². The molecule has 0 atom stereocenters. The Kier molecular flexibility index (Phi) is 5.40. The fourth-order valence-electron chi connectivity index (χ4n) is 2.93. The summed E-state index contributed by atoms with van der Waals surface area (Å²) in [6, 6.07) is -0.0104. The Labute approximate surface area is 121 Å². The SMILES string of the molecule is CS(=O)(=O)N(CC(=O)N1CCOCC1)C1CCCCC1. The molecule has 2 aliphatic rings. The first kappa shape index (κ1) is 15.7. The van der Waals surface area contributed by atoms with Crippen LogP contribution in [0.1, 0.15) is 32.1 Å². The van der Waals surface area contributed by atoms with Crippen molar-refractivity contribution in [1.82, 2.24) is 9.21 Å². The Hall–Kier alpha value is -0.660. The molecule has 0 spiro atoms. The number of nitrogens with zero attached hydrogens (tertiary/aromatic N) is 2. The van der Waals surface area contributed by atoms with Crippen molar-refractivity contribution in [3.05, 3.63) is 0 Å². The molecule has 7 heteroatoms. The Balaban J connectivity index is 2.01. The van der Waals surface area contributed by atoms with Crippen LogP contribution in [0.25, 0.3) is 0 Å². The van der Waals surface area contributed by atoms with Crippen LogP contribution in [0.3, 0.4) is 0 Å². The molecule has 1 heterocycles. The van der Waals surface area contributed by atoms with Crippen molar-refractivity contribution in [2.45, 2.75) is 38.1 Å². The summed E-state index contributed by atoms with van der Waals surface area (Å²) in [5, 5.41) is 0. The predicted octanol–water partition coefficient (Wildman–Crippen LogP) is 0.439. The van der Waals surface area contributed by atoms with E-state index in [0.717, 1.165) is 32.1 Å². The lowest BCUT2D eigenvalue weighted by Crippen LogP contribution is -2.50. The largest absolute Gasteiger partial charge is 0.378 e. The van der Waals surface area contributed by atoms with Gasteiger partial charge in [0.1, 0.15) is 0 Å². The van der Waals surface area contributed by atoms with E-state index in [1.165, 1.54) is 10.6 Å². The highest BCUT2D eigenvalue weighted by Crippen LogP contribution is 2.24. The molecule has 0 radical (unpaired) electrons. The zero-order chi connectivity index (χ0) is 14.6. The minimum Gasteiger partial charge on any atom is -0.378 e. The third kappa shape index (κ3) is 4.17. The van der Waals surface area contributed by atoms with Crippen LogP contribution in [0.4, 0.5) is 0 Å². The summed E-state index contributed by atoms with van der Waals surface area (Å²) in [6.45, 7) is 2.16. The third-order valence-electron chi connectivity index (χ3n) is 4.06. The number of carbonyl (C=O) groups is 1. The smallest absolute Gasteiger partial charge is 0.238 e. The van der Waals surface area contributed by atoms with Gasteiger partial charge >= 0.3 is 0 Å². The van der Waals surface area contributed by atoms with E-state index in [0.29, 0.717) is 26.3 Å². The van der Waals surface area contributed by atoms with Crippen molar-refractivity contribution in [3.63, 3.8) is 0 Å². The molecule has 0 aromatic carbocycles. The fourth-order valence-corrected chi connectivity index (χ4v) is 4.03. The van der Waals surface area contributed by atoms with Crippen molar-refractivity contribution in [2.75, 3.05) is 39.1 Å². The van der Waals surface area contributed by atoms with E-state index in [2.05, 4.69) is 0 Å². The van der Waals surface area contributed by atoms with Crippen LogP contribution in [0, 0.1) is 0 Å². The standard InChI is InChI=1S/C13H24N2O4S/c1-20(17,18)15(12-5-3-2-4-6-12)11-13(16)14-7-9-19-10-8-14/h12H,2-11H2,1H3. The van der Waals surface area contributed by atoms with E-state index in [4.69, 9.17) is 4.74 Å². The third-order valence-corrected chi connectivity index (χ3v) is 5.34. The van der Waals surface area contributed by atoms with Gasteiger partial charge in [0.25, 0.3) is 0 Å². The lowest BCUT2D eigenvalue weighted by Gasteiger charge is -2.34. The second-order valence-corrected chi connectivity index (χ2v) is 7.53. The van der Waals surface area contributed by atoms with Crippen LogP contribution in [0.15, 0.2) is 0 Å². The molecule has 0 bridgehead atoms. The number of rotatable bonds is 4. The summed E-state index contributed by atoms with van der Waals surface area (Å²) >= 11 is 0. The van der Waals surface area contributed by atoms with Crippen molar-refractivity contribution >= 4 is 15.9 Å². The zero-order valence-electron chi connectivity index (χ0n) is 12.1. The quantitative estimate of drug-likeness (QED) is 0.756. The van der Waals surface area contributed by atoms with Gasteiger partial charge in [0.15, 0.2) is 0 Å². The monoisotopic (exact) mass is 304 g/mol. The minimum atomic E-state index is -3.34. The van der Waals surface area contributed by atoms with Crippen LogP contribution in [0.2, 0.25) is 0 Å². The van der Waals surface area contributed by atoms with E-state index in [1.54, 1.807) is 4.90 Å². The highest BCUT2D eigenvalue weighted by atomic mass is 32.2. The molecule has 1 amide bonds. The number of hydrogen-bond acceptors (Lipinski definition) is 4. The van der Waals surface area contributed by atoms with Crippen molar-refractivity contribution in [3.8, 4) is 0 Å². The Morgan fingerprint density at radius 1 is 1.20 bits per heavy atom. The first-order valence-electron chi connectivity index (χ1n) is 7.31. The second-order valence-electron chi connectivity index (χ2n) is 5.59. The van der Waals surface area contributed by atoms with E-state index in [1.807, 2.05) is 0 Å². The van der Waals surface area contributed by atoms with Crippen molar-refractivity contribution < 1.29 is 17.9 Å². The lowest BCUT2D eigenvalue weighted by molar-refractivity contribution is -0.135. The van der Waals surface area contributed by atoms with Crippen LogP contribution >= 0.6 is 0 Å². The van der Waals surface area contributed by atoms with E-state index in [9.17, 15) is 13.2 Å². The average molecular weight is 304 g/mol. The summed E-state index contributed by atoms with van der Waals surface area (Å²) in [5.41, 5.74) is 0. The maximum absolute atomic E-state index is 12.3. The van der Waals surface area contributed by atoms with Crippen molar-refractivity contribution in [1.29, 1.82) is 0 Å². The molecule has 2 rings (SSSR count). The minimum absolute atomic E-state index is 0.0104. The van der Waals surface area contributed by atoms with Crippen LogP contribution in [-0.4, -0.2) is 68.7 Å². The molecule has 1 aliphatic carbocycles. The van der Waals surface area contributed by atoms with Gasteiger partial charge in [-0.25, -0.2) is 8.42 Å². The maximum Gasteiger partial charge on any atom is 0.238 e. The van der Waals surface area contributed by atoms with Gasteiger partial charge in [0, 0.05) is 19.1 Å². The Morgan fingerprint density at radius 2 is 1.80 bits per heavy atom. The van der Waals surface area contributed by atoms with Gasteiger partial charge in [-0.2, -0.15) is 4.31 Å². The molecule has 0 N–H and O–H groups in total. The van der Waals surface area contributed by atoms with Gasteiger partial charge in [0.2, 0.25) is 15.9 Å². The molecule has 116 valence electrons. The molecule has 1 aliphatic heterocycles. The first-order chi connectivity index (χ1) is 9.48. The molecule has 0 unspecified atom stereocenters. The van der Waals surface area contributed by atoms with E-state index >= 15 is 0 Å². The molecule has 1 saturated carbocycles. The normalized spacial score (nSPS) is 22.2. The second kappa shape index (κ2) is 6.87. The maximum atomic E-state index is 12.3. The van der Waals surface area contributed by atoms with E-state index < -0.39 is 10.0 Å². The topological polar surface area (TPSA) is 66.9 Å². The number of sulfonamides is 1. The summed E-state index contributed by atoms with van der Waals surface area (Å²) in [7, 11) is -3.34. The molecule has 0 aromatic rings. The number of hydrogen-bond donors (Lipinski definition) is 0.